The van der Waals surface area contributed by atoms with Crippen LogP contribution in [0.1, 0.15) is 41.0 Å². The Bertz CT molecular complexity index is 123. The number of rotatable bonds is 8. The smallest absolute Gasteiger partial charge is 0.0569 e. The van der Waals surface area contributed by atoms with Crippen LogP contribution in [0.3, 0.4) is 0 Å². The fraction of sp³-hybridized carbons (Fsp3) is 1.00. The summed E-state index contributed by atoms with van der Waals surface area (Å²) in [4.78, 5) is 0. The van der Waals surface area contributed by atoms with Gasteiger partial charge in [0, 0.05) is 6.61 Å². The summed E-state index contributed by atoms with van der Waals surface area (Å²) in [5.74, 6) is 1.36. The Balaban J connectivity index is 3.13. The summed E-state index contributed by atoms with van der Waals surface area (Å²) in [5.41, 5.74) is 0. The Morgan fingerprint density at radius 1 is 1.07 bits per heavy atom. The molecule has 0 aromatic heterocycles. The van der Waals surface area contributed by atoms with E-state index in [2.05, 4.69) is 39.9 Å². The Labute approximate surface area is 89.4 Å². The van der Waals surface area contributed by atoms with Gasteiger partial charge in [-0.2, -0.15) is 0 Å². The molecule has 1 atom stereocenters. The maximum Gasteiger partial charge on any atom is 0.0569 e. The normalized spacial score (nSPS) is 13.9. The quantitative estimate of drug-likeness (QED) is 0.610. The molecule has 0 aliphatic carbocycles. The Kier molecular flexibility index (Phi) is 8.20. The molecule has 0 aliphatic rings. The van der Waals surface area contributed by atoms with Gasteiger partial charge >= 0.3 is 0 Å². The maximum atomic E-state index is 5.67. The molecule has 0 fully saturated rings. The van der Waals surface area contributed by atoms with Crippen molar-refractivity contribution in [2.45, 2.75) is 47.1 Å². The van der Waals surface area contributed by atoms with Crippen LogP contribution in [0.25, 0.3) is 0 Å². The third-order valence-corrected chi connectivity index (χ3v) is 2.37. The first-order chi connectivity index (χ1) is 6.54. The molecule has 2 nitrogen and oxygen atoms in total. The molecule has 0 saturated carbocycles. The van der Waals surface area contributed by atoms with Gasteiger partial charge in [-0.15, -0.1) is 0 Å². The van der Waals surface area contributed by atoms with Crippen molar-refractivity contribution in [2.75, 3.05) is 19.7 Å². The van der Waals surface area contributed by atoms with Crippen molar-refractivity contribution in [1.82, 2.24) is 5.32 Å². The van der Waals surface area contributed by atoms with Crippen molar-refractivity contribution < 1.29 is 4.74 Å². The molecule has 0 saturated heterocycles. The predicted molar refractivity (Wildman–Crippen MR) is 62.6 cm³/mol. The largest absolute Gasteiger partial charge is 0.378 e. The fourth-order valence-corrected chi connectivity index (χ4v) is 1.05. The second-order valence-corrected chi connectivity index (χ2v) is 4.77. The van der Waals surface area contributed by atoms with E-state index in [0.717, 1.165) is 32.0 Å². The van der Waals surface area contributed by atoms with Crippen LogP contribution in [-0.2, 0) is 4.74 Å². The second-order valence-electron chi connectivity index (χ2n) is 4.77. The summed E-state index contributed by atoms with van der Waals surface area (Å²) >= 11 is 0. The van der Waals surface area contributed by atoms with E-state index in [9.17, 15) is 0 Å². The average molecular weight is 201 g/mol. The van der Waals surface area contributed by atoms with Gasteiger partial charge in [-0.25, -0.2) is 0 Å². The summed E-state index contributed by atoms with van der Waals surface area (Å²) in [6.07, 6.45) is 1.50. The average Bonchev–Trinajstić information content (AvgIpc) is 2.09. The second kappa shape index (κ2) is 8.25. The predicted octanol–water partition coefficient (Wildman–Crippen LogP) is 2.68. The van der Waals surface area contributed by atoms with Gasteiger partial charge in [0.1, 0.15) is 0 Å². The third-order valence-electron chi connectivity index (χ3n) is 2.37. The van der Waals surface area contributed by atoms with Gasteiger partial charge in [0.05, 0.1) is 6.10 Å². The fourth-order valence-electron chi connectivity index (χ4n) is 1.05. The minimum absolute atomic E-state index is 0.389. The van der Waals surface area contributed by atoms with Crippen LogP contribution in [0.2, 0.25) is 0 Å². The molecule has 0 radical (unpaired) electrons. The first-order valence-corrected chi connectivity index (χ1v) is 5.86. The van der Waals surface area contributed by atoms with E-state index in [1.54, 1.807) is 0 Å². The zero-order valence-electron chi connectivity index (χ0n) is 10.5. The summed E-state index contributed by atoms with van der Waals surface area (Å²) in [6, 6.07) is 0. The summed E-state index contributed by atoms with van der Waals surface area (Å²) in [6.45, 7) is 14.1. The van der Waals surface area contributed by atoms with Gasteiger partial charge in [-0.3, -0.25) is 0 Å². The molecule has 14 heavy (non-hydrogen) atoms. The lowest BCUT2D eigenvalue weighted by Crippen LogP contribution is -2.23. The van der Waals surface area contributed by atoms with Crippen LogP contribution in [0.5, 0.6) is 0 Å². The van der Waals surface area contributed by atoms with E-state index in [-0.39, 0.29) is 0 Å². The molecule has 0 spiro atoms. The lowest BCUT2D eigenvalue weighted by Gasteiger charge is -2.16. The van der Waals surface area contributed by atoms with Gasteiger partial charge < -0.3 is 10.1 Å². The van der Waals surface area contributed by atoms with E-state index in [0.29, 0.717) is 12.0 Å². The zero-order chi connectivity index (χ0) is 11.0. The first kappa shape index (κ1) is 13.9. The van der Waals surface area contributed by atoms with Gasteiger partial charge in [0.2, 0.25) is 0 Å². The molecule has 0 rings (SSSR count). The van der Waals surface area contributed by atoms with E-state index in [1.165, 1.54) is 0 Å². The Morgan fingerprint density at radius 3 is 2.21 bits per heavy atom. The van der Waals surface area contributed by atoms with E-state index in [4.69, 9.17) is 4.74 Å². The highest BCUT2D eigenvalue weighted by atomic mass is 16.5. The standard InChI is InChI=1S/C12H27NO/c1-10(2)9-13-7-6-8-14-12(5)11(3)4/h10-13H,6-9H2,1-5H3. The van der Waals surface area contributed by atoms with Crippen molar-refractivity contribution in [2.24, 2.45) is 11.8 Å². The minimum atomic E-state index is 0.389. The van der Waals surface area contributed by atoms with E-state index in [1.807, 2.05) is 0 Å². The molecule has 0 heterocycles. The van der Waals surface area contributed by atoms with Crippen LogP contribution in [0.15, 0.2) is 0 Å². The summed E-state index contributed by atoms with van der Waals surface area (Å²) in [5, 5.41) is 3.41. The molecule has 0 aromatic rings. The van der Waals surface area contributed by atoms with Gasteiger partial charge in [-0.1, -0.05) is 27.7 Å². The molecular weight excluding hydrogens is 174 g/mol. The van der Waals surface area contributed by atoms with Crippen molar-refractivity contribution in [3.63, 3.8) is 0 Å². The molecule has 0 amide bonds. The SMILES string of the molecule is CC(C)CNCCCOC(C)C(C)C. The molecular formula is C12H27NO. The van der Waals surface area contributed by atoms with Gasteiger partial charge in [0.15, 0.2) is 0 Å². The van der Waals surface area contributed by atoms with Crippen LogP contribution >= 0.6 is 0 Å². The van der Waals surface area contributed by atoms with Crippen LogP contribution in [0.4, 0.5) is 0 Å². The monoisotopic (exact) mass is 201 g/mol. The summed E-state index contributed by atoms with van der Waals surface area (Å²) < 4.78 is 5.67. The van der Waals surface area contributed by atoms with Crippen molar-refractivity contribution in [3.05, 3.63) is 0 Å². The number of hydrogen-bond donors (Lipinski definition) is 1. The topological polar surface area (TPSA) is 21.3 Å². The maximum absolute atomic E-state index is 5.67. The molecule has 1 N–H and O–H groups in total. The molecule has 0 aromatic carbocycles. The van der Waals surface area contributed by atoms with Gasteiger partial charge in [-0.05, 0) is 38.3 Å². The van der Waals surface area contributed by atoms with E-state index >= 15 is 0 Å². The lowest BCUT2D eigenvalue weighted by molar-refractivity contribution is 0.0342. The van der Waals surface area contributed by atoms with Crippen LogP contribution < -0.4 is 5.32 Å². The van der Waals surface area contributed by atoms with Crippen LogP contribution in [-0.4, -0.2) is 25.8 Å². The zero-order valence-corrected chi connectivity index (χ0v) is 10.5. The number of ether oxygens (including phenoxy) is 1. The highest BCUT2D eigenvalue weighted by Gasteiger charge is 2.05. The first-order valence-electron chi connectivity index (χ1n) is 5.86. The van der Waals surface area contributed by atoms with Crippen LogP contribution in [0, 0.1) is 11.8 Å². The molecule has 86 valence electrons. The summed E-state index contributed by atoms with van der Waals surface area (Å²) in [7, 11) is 0. The highest BCUT2D eigenvalue weighted by Crippen LogP contribution is 2.04. The Hall–Kier alpha value is -0.0800. The van der Waals surface area contributed by atoms with E-state index < -0.39 is 0 Å². The third kappa shape index (κ3) is 8.52. The number of nitrogens with one attached hydrogen (secondary N) is 1. The molecule has 2 heteroatoms. The van der Waals surface area contributed by atoms with Crippen molar-refractivity contribution in [3.8, 4) is 0 Å². The number of hydrogen-bond acceptors (Lipinski definition) is 2. The lowest BCUT2D eigenvalue weighted by atomic mass is 10.1. The van der Waals surface area contributed by atoms with Crippen molar-refractivity contribution in [1.29, 1.82) is 0 Å². The van der Waals surface area contributed by atoms with Gasteiger partial charge in [0.25, 0.3) is 0 Å². The molecule has 0 aliphatic heterocycles. The highest BCUT2D eigenvalue weighted by molar-refractivity contribution is 4.55. The minimum Gasteiger partial charge on any atom is -0.378 e. The molecule has 0 bridgehead atoms. The molecule has 1 unspecified atom stereocenters. The van der Waals surface area contributed by atoms with Crippen molar-refractivity contribution >= 4 is 0 Å². The Morgan fingerprint density at radius 2 is 1.71 bits per heavy atom.